The Bertz CT molecular complexity index is 588. The van der Waals surface area contributed by atoms with Gasteiger partial charge in [-0.2, -0.15) is 8.42 Å². The SMILES string of the molecule is CS(=O)(=O)O.O=C(O)C(O)c1ccccc1.O=C(O)CC(=O)O. The number of rotatable bonds is 4. The van der Waals surface area contributed by atoms with Crippen molar-refractivity contribution < 1.29 is 47.8 Å². The topological polar surface area (TPSA) is 186 Å². The molecule has 1 aromatic rings. The second-order valence-electron chi connectivity index (χ2n) is 3.85. The first-order chi connectivity index (χ1) is 10.3. The molecule has 1 atom stereocenters. The van der Waals surface area contributed by atoms with Crippen LogP contribution < -0.4 is 0 Å². The van der Waals surface area contributed by atoms with Crippen molar-refractivity contribution in [3.05, 3.63) is 35.9 Å². The van der Waals surface area contributed by atoms with Gasteiger partial charge < -0.3 is 20.4 Å². The maximum Gasteiger partial charge on any atom is 0.337 e. The minimum absolute atomic E-state index is 0.403. The van der Waals surface area contributed by atoms with Crippen molar-refractivity contribution in [1.82, 2.24) is 0 Å². The summed E-state index contributed by atoms with van der Waals surface area (Å²) in [7, 11) is -3.67. The van der Waals surface area contributed by atoms with Crippen molar-refractivity contribution in [2.24, 2.45) is 0 Å². The fourth-order valence-electron chi connectivity index (χ4n) is 0.907. The molecule has 11 heteroatoms. The maximum atomic E-state index is 10.2. The van der Waals surface area contributed by atoms with Crippen LogP contribution in [0.1, 0.15) is 18.1 Å². The third kappa shape index (κ3) is 19.5. The molecule has 0 radical (unpaired) electrons. The van der Waals surface area contributed by atoms with Gasteiger partial charge in [0.1, 0.15) is 6.42 Å². The lowest BCUT2D eigenvalue weighted by Gasteiger charge is -2.03. The predicted octanol–water partition coefficient (Wildman–Crippen LogP) is -0.146. The van der Waals surface area contributed by atoms with E-state index in [1.165, 1.54) is 0 Å². The standard InChI is InChI=1S/C8H8O3.C3H4O4.CH4O3S/c9-7(8(10)11)6-4-2-1-3-5-6;4-2(5)1-3(6)7;1-5(2,3)4/h1-5,7,9H,(H,10,11);1H2,(H,4,5)(H,6,7);1H3,(H,2,3,4). The molecule has 1 aromatic carbocycles. The average Bonchev–Trinajstić information content (AvgIpc) is 2.36. The van der Waals surface area contributed by atoms with Crippen molar-refractivity contribution >= 4 is 28.0 Å². The molecule has 130 valence electrons. The molecule has 23 heavy (non-hydrogen) atoms. The quantitative estimate of drug-likeness (QED) is 0.360. The summed E-state index contributed by atoms with van der Waals surface area (Å²) in [5.74, 6) is -3.85. The summed E-state index contributed by atoms with van der Waals surface area (Å²) in [6.45, 7) is 0. The van der Waals surface area contributed by atoms with Gasteiger partial charge in [-0.1, -0.05) is 30.3 Å². The minimum atomic E-state index is -3.67. The van der Waals surface area contributed by atoms with Gasteiger partial charge in [0.15, 0.2) is 6.10 Å². The number of benzene rings is 1. The molecule has 0 amide bonds. The molecule has 1 rings (SSSR count). The van der Waals surface area contributed by atoms with E-state index in [0.717, 1.165) is 0 Å². The van der Waals surface area contributed by atoms with E-state index < -0.39 is 40.6 Å². The highest BCUT2D eigenvalue weighted by Crippen LogP contribution is 2.10. The fourth-order valence-corrected chi connectivity index (χ4v) is 0.907. The number of carboxylic acid groups (broad SMARTS) is 3. The number of aliphatic carboxylic acids is 3. The van der Waals surface area contributed by atoms with Crippen molar-refractivity contribution in [2.75, 3.05) is 6.26 Å². The molecule has 0 aliphatic carbocycles. The molecule has 0 aliphatic rings. The molecule has 5 N–H and O–H groups in total. The van der Waals surface area contributed by atoms with Crippen LogP contribution >= 0.6 is 0 Å². The molecule has 0 fully saturated rings. The largest absolute Gasteiger partial charge is 0.481 e. The normalized spacial score (nSPS) is 10.9. The van der Waals surface area contributed by atoms with Crippen LogP contribution in [0.15, 0.2) is 30.3 Å². The van der Waals surface area contributed by atoms with Crippen LogP contribution in [0.3, 0.4) is 0 Å². The summed E-state index contributed by atoms with van der Waals surface area (Å²) >= 11 is 0. The number of carboxylic acids is 3. The molecule has 0 heterocycles. The number of hydrogen-bond donors (Lipinski definition) is 5. The van der Waals surface area contributed by atoms with Gasteiger partial charge in [0.2, 0.25) is 0 Å². The van der Waals surface area contributed by atoms with Crippen LogP contribution in [0.5, 0.6) is 0 Å². The molecule has 0 bridgehead atoms. The summed E-state index contributed by atoms with van der Waals surface area (Å²) in [6.07, 6.45) is -1.50. The van der Waals surface area contributed by atoms with E-state index in [-0.39, 0.29) is 0 Å². The summed E-state index contributed by atoms with van der Waals surface area (Å²) in [5.41, 5.74) is 0.403. The Morgan fingerprint density at radius 3 is 1.57 bits per heavy atom. The van der Waals surface area contributed by atoms with Crippen molar-refractivity contribution in [3.8, 4) is 0 Å². The van der Waals surface area contributed by atoms with Gasteiger partial charge in [0.05, 0.1) is 6.26 Å². The molecule has 0 saturated heterocycles. The Morgan fingerprint density at radius 2 is 1.35 bits per heavy atom. The van der Waals surface area contributed by atoms with Crippen molar-refractivity contribution in [2.45, 2.75) is 12.5 Å². The lowest BCUT2D eigenvalue weighted by Crippen LogP contribution is -2.09. The molecular weight excluding hydrogens is 336 g/mol. The Balaban J connectivity index is 0. The van der Waals surface area contributed by atoms with E-state index in [1.54, 1.807) is 30.3 Å². The van der Waals surface area contributed by atoms with Crippen LogP contribution in [0, 0.1) is 0 Å². The molecular formula is C12H16O10S. The van der Waals surface area contributed by atoms with Gasteiger partial charge in [-0.05, 0) is 5.56 Å². The Morgan fingerprint density at radius 1 is 1.00 bits per heavy atom. The third-order valence-corrected chi connectivity index (χ3v) is 1.65. The van der Waals surface area contributed by atoms with Gasteiger partial charge in [-0.3, -0.25) is 14.1 Å². The fraction of sp³-hybridized carbons (Fsp3) is 0.250. The van der Waals surface area contributed by atoms with Gasteiger partial charge in [0.25, 0.3) is 10.1 Å². The molecule has 0 saturated carbocycles. The van der Waals surface area contributed by atoms with E-state index in [4.69, 9.17) is 25.0 Å². The molecule has 0 aliphatic heterocycles. The summed E-state index contributed by atoms with van der Waals surface area (Å²) in [4.78, 5) is 29.1. The van der Waals surface area contributed by atoms with Gasteiger partial charge in [-0.25, -0.2) is 4.79 Å². The highest BCUT2D eigenvalue weighted by Gasteiger charge is 2.14. The van der Waals surface area contributed by atoms with Crippen LogP contribution in [-0.4, -0.2) is 57.6 Å². The molecule has 1 unspecified atom stereocenters. The highest BCUT2D eigenvalue weighted by atomic mass is 32.2. The Kier molecular flexibility index (Phi) is 11.0. The predicted molar refractivity (Wildman–Crippen MR) is 76.4 cm³/mol. The van der Waals surface area contributed by atoms with Crippen LogP contribution in [0.4, 0.5) is 0 Å². The van der Waals surface area contributed by atoms with E-state index in [2.05, 4.69) is 0 Å². The van der Waals surface area contributed by atoms with Crippen LogP contribution in [0.25, 0.3) is 0 Å². The van der Waals surface area contributed by atoms with Crippen LogP contribution in [0.2, 0.25) is 0 Å². The molecule has 10 nitrogen and oxygen atoms in total. The van der Waals surface area contributed by atoms with Gasteiger partial charge in [0, 0.05) is 0 Å². The van der Waals surface area contributed by atoms with E-state index in [0.29, 0.717) is 11.8 Å². The smallest absolute Gasteiger partial charge is 0.337 e. The van der Waals surface area contributed by atoms with Gasteiger partial charge >= 0.3 is 17.9 Å². The lowest BCUT2D eigenvalue weighted by atomic mass is 10.1. The first kappa shape index (κ1) is 22.8. The first-order valence-corrected chi connectivity index (χ1v) is 7.51. The maximum absolute atomic E-state index is 10.2. The van der Waals surface area contributed by atoms with E-state index in [1.807, 2.05) is 0 Å². The number of hydrogen-bond acceptors (Lipinski definition) is 6. The van der Waals surface area contributed by atoms with Crippen molar-refractivity contribution in [3.63, 3.8) is 0 Å². The highest BCUT2D eigenvalue weighted by molar-refractivity contribution is 7.85. The van der Waals surface area contributed by atoms with Crippen LogP contribution in [-0.2, 0) is 24.5 Å². The van der Waals surface area contributed by atoms with E-state index in [9.17, 15) is 22.8 Å². The summed E-state index contributed by atoms with van der Waals surface area (Å²) in [5, 5.41) is 32.8. The zero-order valence-corrected chi connectivity index (χ0v) is 12.7. The molecule has 0 spiro atoms. The lowest BCUT2D eigenvalue weighted by molar-refractivity contribution is -0.148. The first-order valence-electron chi connectivity index (χ1n) is 5.66. The zero-order valence-electron chi connectivity index (χ0n) is 11.9. The Hall–Kier alpha value is -2.50. The second-order valence-corrected chi connectivity index (χ2v) is 5.31. The summed E-state index contributed by atoms with van der Waals surface area (Å²) < 4.78 is 25.9. The van der Waals surface area contributed by atoms with Crippen molar-refractivity contribution in [1.29, 1.82) is 0 Å². The zero-order chi connectivity index (χ0) is 18.6. The number of aliphatic hydroxyl groups is 1. The minimum Gasteiger partial charge on any atom is -0.481 e. The van der Waals surface area contributed by atoms with E-state index >= 15 is 0 Å². The summed E-state index contributed by atoms with van der Waals surface area (Å²) in [6, 6.07) is 8.26. The number of aliphatic hydroxyl groups excluding tert-OH is 1. The Labute approximate surface area is 131 Å². The number of carbonyl (C=O) groups is 3. The average molecular weight is 352 g/mol. The monoisotopic (exact) mass is 352 g/mol. The third-order valence-electron chi connectivity index (χ3n) is 1.65. The second kappa shape index (κ2) is 11.1. The van der Waals surface area contributed by atoms with Gasteiger partial charge in [-0.15, -0.1) is 0 Å². The molecule has 0 aromatic heterocycles.